The van der Waals surface area contributed by atoms with E-state index in [2.05, 4.69) is 0 Å². The Morgan fingerprint density at radius 2 is 2.00 bits per heavy atom. The quantitative estimate of drug-likeness (QED) is 0.685. The number of nitrogens with zero attached hydrogens (tertiary/aromatic N) is 1. The van der Waals surface area contributed by atoms with Crippen molar-refractivity contribution in [3.8, 4) is 11.5 Å². The van der Waals surface area contributed by atoms with Gasteiger partial charge in [-0.2, -0.15) is 0 Å². The van der Waals surface area contributed by atoms with Crippen molar-refractivity contribution in [1.29, 1.82) is 0 Å². The molecular weight excluding hydrogens is 277 g/mol. The molecule has 2 rings (SSSR count). The summed E-state index contributed by atoms with van der Waals surface area (Å²) in [6.45, 7) is 3.09. The molecule has 0 aliphatic carbocycles. The molecule has 0 heterocycles. The number of aliphatic hydroxyl groups excluding tert-OH is 1. The molecule has 2 aromatic carbocycles. The summed E-state index contributed by atoms with van der Waals surface area (Å²) >= 11 is 0. The van der Waals surface area contributed by atoms with Crippen molar-refractivity contribution in [2.24, 2.45) is 0 Å². The van der Waals surface area contributed by atoms with Crippen LogP contribution in [-0.4, -0.2) is 10.0 Å². The molecule has 2 aromatic rings. The molecule has 1 N–H and O–H groups in total. The van der Waals surface area contributed by atoms with E-state index in [4.69, 9.17) is 4.74 Å². The molecule has 0 aliphatic heterocycles. The molecule has 0 aromatic heterocycles. The first-order valence-corrected chi connectivity index (χ1v) is 6.29. The average molecular weight is 291 g/mol. The molecule has 0 bridgehead atoms. The van der Waals surface area contributed by atoms with Crippen LogP contribution in [0, 0.1) is 22.9 Å². The van der Waals surface area contributed by atoms with Crippen LogP contribution in [-0.2, 0) is 0 Å². The van der Waals surface area contributed by atoms with Crippen LogP contribution in [0.5, 0.6) is 11.5 Å². The van der Waals surface area contributed by atoms with Gasteiger partial charge in [-0.15, -0.1) is 0 Å². The summed E-state index contributed by atoms with van der Waals surface area (Å²) in [6, 6.07) is 8.37. The summed E-state index contributed by atoms with van der Waals surface area (Å²) in [7, 11) is 0. The van der Waals surface area contributed by atoms with Gasteiger partial charge in [0.1, 0.15) is 17.3 Å². The minimum atomic E-state index is -1.03. The number of rotatable bonds is 4. The molecule has 0 saturated heterocycles. The van der Waals surface area contributed by atoms with E-state index < -0.39 is 16.8 Å². The Morgan fingerprint density at radius 1 is 1.29 bits per heavy atom. The number of ether oxygens (including phenoxy) is 1. The fraction of sp³-hybridized carbons (Fsp3) is 0.200. The lowest BCUT2D eigenvalue weighted by atomic mass is 10.1. The predicted molar refractivity (Wildman–Crippen MR) is 74.9 cm³/mol. The number of aryl methyl sites for hydroxylation is 1. The minimum Gasteiger partial charge on any atom is -0.457 e. The molecule has 1 atom stereocenters. The van der Waals surface area contributed by atoms with Gasteiger partial charge in [-0.1, -0.05) is 6.07 Å². The van der Waals surface area contributed by atoms with Crippen molar-refractivity contribution >= 4 is 5.69 Å². The number of nitro groups is 1. The highest BCUT2D eigenvalue weighted by atomic mass is 19.1. The first-order chi connectivity index (χ1) is 9.90. The molecular formula is C15H14FNO4. The molecule has 0 spiro atoms. The lowest BCUT2D eigenvalue weighted by Crippen LogP contribution is -2.00. The van der Waals surface area contributed by atoms with E-state index >= 15 is 0 Å². The molecule has 0 fully saturated rings. The monoisotopic (exact) mass is 291 g/mol. The maximum atomic E-state index is 13.7. The summed E-state index contributed by atoms with van der Waals surface area (Å²) in [4.78, 5) is 10.2. The Morgan fingerprint density at radius 3 is 2.57 bits per heavy atom. The fourth-order valence-electron chi connectivity index (χ4n) is 1.99. The molecule has 0 amide bonds. The fourth-order valence-corrected chi connectivity index (χ4v) is 1.99. The summed E-state index contributed by atoms with van der Waals surface area (Å²) in [5.74, 6) is -0.0166. The van der Waals surface area contributed by atoms with E-state index in [9.17, 15) is 19.6 Å². The number of benzene rings is 2. The van der Waals surface area contributed by atoms with E-state index in [0.717, 1.165) is 0 Å². The standard InChI is InChI=1S/C15H14FNO4/c1-9-8-11(17(19)20)6-7-13(9)21-14-5-3-4-12(16)15(14)10(2)18/h3-8,10,18H,1-2H3. The van der Waals surface area contributed by atoms with Gasteiger partial charge in [0.2, 0.25) is 0 Å². The van der Waals surface area contributed by atoms with Gasteiger partial charge >= 0.3 is 0 Å². The lowest BCUT2D eigenvalue weighted by Gasteiger charge is -2.15. The van der Waals surface area contributed by atoms with E-state index in [1.807, 2.05) is 0 Å². The zero-order chi connectivity index (χ0) is 15.6. The Hall–Kier alpha value is -2.47. The van der Waals surface area contributed by atoms with Gasteiger partial charge in [0, 0.05) is 12.1 Å². The minimum absolute atomic E-state index is 0.0464. The highest BCUT2D eigenvalue weighted by Gasteiger charge is 2.16. The first kappa shape index (κ1) is 14.9. The number of hydrogen-bond donors (Lipinski definition) is 1. The first-order valence-electron chi connectivity index (χ1n) is 6.29. The van der Waals surface area contributed by atoms with Crippen LogP contribution in [0.2, 0.25) is 0 Å². The molecule has 21 heavy (non-hydrogen) atoms. The van der Waals surface area contributed by atoms with Crippen molar-refractivity contribution in [2.75, 3.05) is 0 Å². The Bertz CT molecular complexity index is 685. The van der Waals surface area contributed by atoms with Crippen molar-refractivity contribution in [1.82, 2.24) is 0 Å². The van der Waals surface area contributed by atoms with Crippen LogP contribution >= 0.6 is 0 Å². The second-order valence-corrected chi connectivity index (χ2v) is 4.64. The Balaban J connectivity index is 2.39. The van der Waals surface area contributed by atoms with Gasteiger partial charge in [0.15, 0.2) is 0 Å². The summed E-state index contributed by atoms with van der Waals surface area (Å²) < 4.78 is 19.3. The summed E-state index contributed by atoms with van der Waals surface area (Å²) in [5, 5.41) is 20.3. The second kappa shape index (κ2) is 5.88. The van der Waals surface area contributed by atoms with Crippen LogP contribution in [0.25, 0.3) is 0 Å². The maximum Gasteiger partial charge on any atom is 0.269 e. The zero-order valence-corrected chi connectivity index (χ0v) is 11.5. The van der Waals surface area contributed by atoms with E-state index in [-0.39, 0.29) is 17.0 Å². The third kappa shape index (κ3) is 3.17. The topological polar surface area (TPSA) is 72.6 Å². The van der Waals surface area contributed by atoms with Gasteiger partial charge < -0.3 is 9.84 Å². The van der Waals surface area contributed by atoms with Crippen molar-refractivity contribution < 1.29 is 19.2 Å². The number of nitro benzene ring substituents is 1. The van der Waals surface area contributed by atoms with E-state index in [1.54, 1.807) is 6.92 Å². The van der Waals surface area contributed by atoms with Crippen molar-refractivity contribution in [2.45, 2.75) is 20.0 Å². The normalized spacial score (nSPS) is 12.0. The van der Waals surface area contributed by atoms with Gasteiger partial charge in [-0.3, -0.25) is 10.1 Å². The van der Waals surface area contributed by atoms with Gasteiger partial charge in [-0.25, -0.2) is 4.39 Å². The molecule has 0 saturated carbocycles. The molecule has 0 aliphatic rings. The lowest BCUT2D eigenvalue weighted by molar-refractivity contribution is -0.384. The zero-order valence-electron chi connectivity index (χ0n) is 11.5. The number of non-ortho nitro benzene ring substituents is 1. The third-order valence-corrected chi connectivity index (χ3v) is 3.02. The van der Waals surface area contributed by atoms with Crippen LogP contribution in [0.3, 0.4) is 0 Å². The van der Waals surface area contributed by atoms with E-state index in [0.29, 0.717) is 11.3 Å². The van der Waals surface area contributed by atoms with Crippen LogP contribution in [0.4, 0.5) is 10.1 Å². The smallest absolute Gasteiger partial charge is 0.269 e. The number of aliphatic hydroxyl groups is 1. The predicted octanol–water partition coefficient (Wildman–Crippen LogP) is 3.89. The van der Waals surface area contributed by atoms with Crippen molar-refractivity contribution in [3.63, 3.8) is 0 Å². The Kier molecular flexibility index (Phi) is 4.18. The SMILES string of the molecule is Cc1cc([N+](=O)[O-])ccc1Oc1cccc(F)c1C(C)O. The molecule has 110 valence electrons. The third-order valence-electron chi connectivity index (χ3n) is 3.02. The summed E-state index contributed by atoms with van der Waals surface area (Å²) in [5.41, 5.74) is 0.551. The van der Waals surface area contributed by atoms with E-state index in [1.165, 1.54) is 43.3 Å². The highest BCUT2D eigenvalue weighted by molar-refractivity contribution is 5.46. The highest BCUT2D eigenvalue weighted by Crippen LogP contribution is 2.34. The number of hydrogen-bond acceptors (Lipinski definition) is 4. The average Bonchev–Trinajstić information content (AvgIpc) is 2.40. The largest absolute Gasteiger partial charge is 0.457 e. The maximum absolute atomic E-state index is 13.7. The second-order valence-electron chi connectivity index (χ2n) is 4.64. The molecule has 6 heteroatoms. The van der Waals surface area contributed by atoms with Crippen LogP contribution in [0.1, 0.15) is 24.2 Å². The summed E-state index contributed by atoms with van der Waals surface area (Å²) in [6.07, 6.45) is -1.03. The van der Waals surface area contributed by atoms with Gasteiger partial charge in [0.05, 0.1) is 16.6 Å². The molecule has 0 radical (unpaired) electrons. The number of halogens is 1. The molecule has 1 unspecified atom stereocenters. The van der Waals surface area contributed by atoms with Crippen LogP contribution < -0.4 is 4.74 Å². The molecule has 5 nitrogen and oxygen atoms in total. The van der Waals surface area contributed by atoms with Gasteiger partial charge in [0.25, 0.3) is 5.69 Å². The van der Waals surface area contributed by atoms with Gasteiger partial charge in [-0.05, 0) is 37.6 Å². The van der Waals surface area contributed by atoms with Crippen molar-refractivity contribution in [3.05, 3.63) is 63.5 Å². The van der Waals surface area contributed by atoms with Crippen LogP contribution in [0.15, 0.2) is 36.4 Å². The Labute approximate surface area is 120 Å².